The fourth-order valence-electron chi connectivity index (χ4n) is 4.83. The molecule has 0 aromatic heterocycles. The van der Waals surface area contributed by atoms with Crippen molar-refractivity contribution in [2.45, 2.75) is 50.4 Å². The Balaban J connectivity index is 2.14. The Hall–Kier alpha value is -1.80. The molecule has 2 aliphatic carbocycles. The lowest BCUT2D eigenvalue weighted by Crippen LogP contribution is -2.45. The largest absolute Gasteiger partial charge is 0.493 e. The Morgan fingerprint density at radius 1 is 1.03 bits per heavy atom. The standard InChI is InChI=1S/C22H32O7/c1-25-13-29-21(14-9-18(26-2)20(28-4)19(10-14)27-3)22-8-6-5-7-15(22)11-16(23)17(24)12-22/h9-11,16-17,21,23-24H,5-8,12-13H2,1-4H3/t16?,17?,21?,22-/m1/s1. The second-order valence-corrected chi connectivity index (χ2v) is 7.73. The lowest BCUT2D eigenvalue weighted by molar-refractivity contribution is -0.135. The predicted molar refractivity (Wildman–Crippen MR) is 107 cm³/mol. The molecule has 7 nitrogen and oxygen atoms in total. The first-order valence-electron chi connectivity index (χ1n) is 9.98. The zero-order valence-electron chi connectivity index (χ0n) is 17.6. The van der Waals surface area contributed by atoms with Gasteiger partial charge < -0.3 is 33.9 Å². The third-order valence-electron chi connectivity index (χ3n) is 6.14. The first kappa shape index (κ1) is 21.9. The van der Waals surface area contributed by atoms with Gasteiger partial charge in [0.25, 0.3) is 0 Å². The van der Waals surface area contributed by atoms with Gasteiger partial charge in [0.2, 0.25) is 5.75 Å². The highest BCUT2D eigenvalue weighted by atomic mass is 16.7. The van der Waals surface area contributed by atoms with E-state index in [-0.39, 0.29) is 6.79 Å². The normalized spacial score (nSPS) is 27.6. The van der Waals surface area contributed by atoms with Crippen LogP contribution in [0.5, 0.6) is 17.2 Å². The molecule has 2 aliphatic rings. The topological polar surface area (TPSA) is 86.6 Å². The second kappa shape index (κ2) is 9.34. The van der Waals surface area contributed by atoms with Crippen LogP contribution in [0, 0.1) is 5.41 Å². The van der Waals surface area contributed by atoms with Gasteiger partial charge in [0.05, 0.1) is 39.6 Å². The van der Waals surface area contributed by atoms with Gasteiger partial charge in [0.1, 0.15) is 6.79 Å². The maximum atomic E-state index is 10.5. The molecule has 0 saturated heterocycles. The summed E-state index contributed by atoms with van der Waals surface area (Å²) in [7, 11) is 6.31. The summed E-state index contributed by atoms with van der Waals surface area (Å²) < 4.78 is 28.0. The number of fused-ring (bicyclic) bond motifs is 1. The SMILES string of the molecule is COCOC(c1cc(OC)c(OC)c(OC)c1)[C@@]12CCCCC1=CC(O)C(O)C2. The molecule has 2 N–H and O–H groups in total. The minimum atomic E-state index is -0.848. The molecule has 4 atom stereocenters. The van der Waals surface area contributed by atoms with Gasteiger partial charge in [-0.2, -0.15) is 0 Å². The molecule has 3 rings (SSSR count). The van der Waals surface area contributed by atoms with E-state index in [2.05, 4.69) is 0 Å². The lowest BCUT2D eigenvalue weighted by Gasteiger charge is -2.49. The summed E-state index contributed by atoms with van der Waals surface area (Å²) >= 11 is 0. The van der Waals surface area contributed by atoms with E-state index < -0.39 is 23.7 Å². The van der Waals surface area contributed by atoms with E-state index in [1.54, 1.807) is 28.4 Å². The minimum absolute atomic E-state index is 0.106. The molecule has 1 aromatic rings. The smallest absolute Gasteiger partial charge is 0.203 e. The van der Waals surface area contributed by atoms with Crippen molar-refractivity contribution in [3.8, 4) is 17.2 Å². The lowest BCUT2D eigenvalue weighted by atomic mass is 9.59. The molecular formula is C22H32O7. The van der Waals surface area contributed by atoms with Gasteiger partial charge in [-0.3, -0.25) is 0 Å². The van der Waals surface area contributed by atoms with Gasteiger partial charge in [-0.1, -0.05) is 18.1 Å². The summed E-state index contributed by atoms with van der Waals surface area (Å²) in [5.74, 6) is 1.60. The van der Waals surface area contributed by atoms with Crippen LogP contribution >= 0.6 is 0 Å². The molecule has 0 spiro atoms. The molecule has 1 saturated carbocycles. The molecule has 7 heteroatoms. The van der Waals surface area contributed by atoms with Gasteiger partial charge in [0.15, 0.2) is 11.5 Å². The van der Waals surface area contributed by atoms with Crippen LogP contribution in [0.15, 0.2) is 23.8 Å². The molecule has 0 aliphatic heterocycles. The van der Waals surface area contributed by atoms with Crippen LogP contribution in [0.3, 0.4) is 0 Å². The number of rotatable bonds is 8. The van der Waals surface area contributed by atoms with Crippen LogP contribution < -0.4 is 14.2 Å². The van der Waals surface area contributed by atoms with E-state index in [1.807, 2.05) is 18.2 Å². The Labute approximate surface area is 172 Å². The number of hydrogen-bond donors (Lipinski definition) is 2. The maximum Gasteiger partial charge on any atom is 0.203 e. The average Bonchev–Trinajstić information content (AvgIpc) is 2.74. The summed E-state index contributed by atoms with van der Waals surface area (Å²) in [5, 5.41) is 20.8. The zero-order chi connectivity index (χ0) is 21.0. The number of methoxy groups -OCH3 is 4. The second-order valence-electron chi connectivity index (χ2n) is 7.73. The summed E-state index contributed by atoms with van der Waals surface area (Å²) in [6, 6.07) is 3.78. The Kier molecular flexibility index (Phi) is 7.05. The van der Waals surface area contributed by atoms with E-state index in [0.717, 1.165) is 36.8 Å². The number of benzene rings is 1. The van der Waals surface area contributed by atoms with E-state index in [9.17, 15) is 10.2 Å². The van der Waals surface area contributed by atoms with Crippen molar-refractivity contribution < 1.29 is 33.9 Å². The average molecular weight is 408 g/mol. The van der Waals surface area contributed by atoms with Gasteiger partial charge in [-0.25, -0.2) is 0 Å². The fourth-order valence-corrected chi connectivity index (χ4v) is 4.83. The van der Waals surface area contributed by atoms with Crippen LogP contribution in [-0.2, 0) is 9.47 Å². The van der Waals surface area contributed by atoms with Crippen molar-refractivity contribution in [1.82, 2.24) is 0 Å². The molecular weight excluding hydrogens is 376 g/mol. The Morgan fingerprint density at radius 3 is 2.31 bits per heavy atom. The highest BCUT2D eigenvalue weighted by Crippen LogP contribution is 2.57. The molecule has 0 heterocycles. The van der Waals surface area contributed by atoms with E-state index in [0.29, 0.717) is 23.7 Å². The number of ether oxygens (including phenoxy) is 5. The predicted octanol–water partition coefficient (Wildman–Crippen LogP) is 2.99. The molecule has 0 amide bonds. The fraction of sp³-hybridized carbons (Fsp3) is 0.636. The molecule has 3 unspecified atom stereocenters. The molecule has 0 bridgehead atoms. The van der Waals surface area contributed by atoms with Crippen molar-refractivity contribution in [2.24, 2.45) is 5.41 Å². The Bertz CT molecular complexity index is 707. The quantitative estimate of drug-likeness (QED) is 0.505. The van der Waals surface area contributed by atoms with Crippen LogP contribution in [0.25, 0.3) is 0 Å². The minimum Gasteiger partial charge on any atom is -0.493 e. The molecule has 1 aromatic carbocycles. The van der Waals surface area contributed by atoms with E-state index >= 15 is 0 Å². The van der Waals surface area contributed by atoms with Crippen LogP contribution in [0.1, 0.15) is 43.8 Å². The Morgan fingerprint density at radius 2 is 1.72 bits per heavy atom. The molecule has 0 radical (unpaired) electrons. The monoisotopic (exact) mass is 408 g/mol. The van der Waals surface area contributed by atoms with Gasteiger partial charge in [-0.15, -0.1) is 0 Å². The maximum absolute atomic E-state index is 10.5. The highest BCUT2D eigenvalue weighted by Gasteiger charge is 2.49. The van der Waals surface area contributed by atoms with Crippen LogP contribution in [0.4, 0.5) is 0 Å². The van der Waals surface area contributed by atoms with Gasteiger partial charge in [-0.05, 0) is 43.4 Å². The van der Waals surface area contributed by atoms with Gasteiger partial charge >= 0.3 is 0 Å². The summed E-state index contributed by atoms with van der Waals surface area (Å²) in [4.78, 5) is 0. The third kappa shape index (κ3) is 4.10. The molecule has 162 valence electrons. The molecule has 1 fully saturated rings. The zero-order valence-corrected chi connectivity index (χ0v) is 17.6. The summed E-state index contributed by atoms with van der Waals surface area (Å²) in [6.45, 7) is 0.106. The summed E-state index contributed by atoms with van der Waals surface area (Å²) in [5.41, 5.74) is 1.56. The summed E-state index contributed by atoms with van der Waals surface area (Å²) in [6.07, 6.45) is 3.96. The first-order chi connectivity index (χ1) is 14.0. The third-order valence-corrected chi connectivity index (χ3v) is 6.14. The van der Waals surface area contributed by atoms with E-state index in [1.165, 1.54) is 0 Å². The first-order valence-corrected chi connectivity index (χ1v) is 9.98. The number of aliphatic hydroxyl groups excluding tert-OH is 2. The number of hydrogen-bond acceptors (Lipinski definition) is 7. The van der Waals surface area contributed by atoms with Gasteiger partial charge in [0, 0.05) is 12.5 Å². The van der Waals surface area contributed by atoms with Crippen molar-refractivity contribution in [3.63, 3.8) is 0 Å². The van der Waals surface area contributed by atoms with Crippen molar-refractivity contribution >= 4 is 0 Å². The number of aliphatic hydroxyl groups is 2. The van der Waals surface area contributed by atoms with Crippen molar-refractivity contribution in [1.29, 1.82) is 0 Å². The van der Waals surface area contributed by atoms with Crippen LogP contribution in [0.2, 0.25) is 0 Å². The highest BCUT2D eigenvalue weighted by molar-refractivity contribution is 5.55. The van der Waals surface area contributed by atoms with Crippen LogP contribution in [-0.4, -0.2) is 57.7 Å². The van der Waals surface area contributed by atoms with Crippen molar-refractivity contribution in [2.75, 3.05) is 35.2 Å². The van der Waals surface area contributed by atoms with E-state index in [4.69, 9.17) is 23.7 Å². The van der Waals surface area contributed by atoms with Crippen molar-refractivity contribution in [3.05, 3.63) is 29.3 Å². The molecule has 29 heavy (non-hydrogen) atoms.